The van der Waals surface area contributed by atoms with E-state index in [1.165, 1.54) is 5.57 Å². The monoisotopic (exact) mass is 124 g/mol. The second kappa shape index (κ2) is 2.36. The summed E-state index contributed by atoms with van der Waals surface area (Å²) in [6, 6.07) is 0. The Bertz CT molecular complexity index is 156. The van der Waals surface area contributed by atoms with Gasteiger partial charge in [0.1, 0.15) is 0 Å². The molecule has 0 aliphatic heterocycles. The SMILES string of the molecule is C=C1C=C(C)CC(O)C1. The predicted molar refractivity (Wildman–Crippen MR) is 38.1 cm³/mol. The normalized spacial score (nSPS) is 28.0. The van der Waals surface area contributed by atoms with Crippen molar-refractivity contribution in [2.75, 3.05) is 0 Å². The van der Waals surface area contributed by atoms with E-state index in [1.54, 1.807) is 0 Å². The standard InChI is InChI=1S/C8H12O/c1-6-3-7(2)5-8(9)4-6/h3,8-9H,1,4-5H2,2H3. The van der Waals surface area contributed by atoms with E-state index in [-0.39, 0.29) is 6.10 Å². The molecule has 1 N–H and O–H groups in total. The molecule has 0 saturated heterocycles. The van der Waals surface area contributed by atoms with Crippen LogP contribution in [-0.2, 0) is 0 Å². The smallest absolute Gasteiger partial charge is 0.0617 e. The maximum atomic E-state index is 9.15. The zero-order valence-electron chi connectivity index (χ0n) is 5.72. The highest BCUT2D eigenvalue weighted by molar-refractivity contribution is 5.24. The molecule has 1 unspecified atom stereocenters. The van der Waals surface area contributed by atoms with Crippen molar-refractivity contribution < 1.29 is 5.11 Å². The van der Waals surface area contributed by atoms with Crippen molar-refractivity contribution in [2.24, 2.45) is 0 Å². The van der Waals surface area contributed by atoms with Gasteiger partial charge in [-0.3, -0.25) is 0 Å². The van der Waals surface area contributed by atoms with E-state index < -0.39 is 0 Å². The number of hydrogen-bond donors (Lipinski definition) is 1. The molecule has 0 radical (unpaired) electrons. The predicted octanol–water partition coefficient (Wildman–Crippen LogP) is 1.64. The molecule has 1 rings (SSSR count). The van der Waals surface area contributed by atoms with Gasteiger partial charge in [-0.25, -0.2) is 0 Å². The first-order chi connectivity index (χ1) is 4.18. The molecule has 0 heterocycles. The molecule has 9 heavy (non-hydrogen) atoms. The topological polar surface area (TPSA) is 20.2 Å². The van der Waals surface area contributed by atoms with E-state index in [4.69, 9.17) is 5.11 Å². The lowest BCUT2D eigenvalue weighted by molar-refractivity contribution is 0.172. The van der Waals surface area contributed by atoms with Crippen LogP contribution in [0, 0.1) is 0 Å². The molecule has 1 atom stereocenters. The first kappa shape index (κ1) is 6.56. The Morgan fingerprint density at radius 1 is 1.67 bits per heavy atom. The molecule has 0 aromatic carbocycles. The molecular formula is C8H12O. The fraction of sp³-hybridized carbons (Fsp3) is 0.500. The Labute approximate surface area is 55.7 Å². The Morgan fingerprint density at radius 3 is 2.78 bits per heavy atom. The highest BCUT2D eigenvalue weighted by Crippen LogP contribution is 2.20. The molecule has 0 amide bonds. The van der Waals surface area contributed by atoms with E-state index in [1.807, 2.05) is 13.0 Å². The highest BCUT2D eigenvalue weighted by atomic mass is 16.3. The maximum absolute atomic E-state index is 9.15. The van der Waals surface area contributed by atoms with Gasteiger partial charge in [-0.05, 0) is 19.8 Å². The molecule has 0 aromatic heterocycles. The number of hydrogen-bond acceptors (Lipinski definition) is 1. The average Bonchev–Trinajstić information content (AvgIpc) is 1.59. The van der Waals surface area contributed by atoms with Crippen LogP contribution in [0.3, 0.4) is 0 Å². The van der Waals surface area contributed by atoms with Gasteiger partial charge in [-0.15, -0.1) is 0 Å². The van der Waals surface area contributed by atoms with Gasteiger partial charge >= 0.3 is 0 Å². The fourth-order valence-electron chi connectivity index (χ4n) is 1.21. The van der Waals surface area contributed by atoms with Gasteiger partial charge in [0.25, 0.3) is 0 Å². The van der Waals surface area contributed by atoms with Crippen LogP contribution in [0.15, 0.2) is 23.8 Å². The summed E-state index contributed by atoms with van der Waals surface area (Å²) in [6.45, 7) is 5.80. The van der Waals surface area contributed by atoms with E-state index in [0.29, 0.717) is 0 Å². The molecular weight excluding hydrogens is 112 g/mol. The van der Waals surface area contributed by atoms with Crippen molar-refractivity contribution in [1.29, 1.82) is 0 Å². The van der Waals surface area contributed by atoms with Gasteiger partial charge in [-0.1, -0.05) is 23.8 Å². The third-order valence-corrected chi connectivity index (χ3v) is 1.51. The van der Waals surface area contributed by atoms with Crippen LogP contribution in [0.1, 0.15) is 19.8 Å². The largest absolute Gasteiger partial charge is 0.392 e. The minimum absolute atomic E-state index is 0.178. The Morgan fingerprint density at radius 2 is 2.33 bits per heavy atom. The number of aliphatic hydroxyl groups excluding tert-OH is 1. The summed E-state index contributed by atoms with van der Waals surface area (Å²) in [4.78, 5) is 0. The van der Waals surface area contributed by atoms with Crippen LogP contribution in [-0.4, -0.2) is 11.2 Å². The minimum Gasteiger partial charge on any atom is -0.392 e. The van der Waals surface area contributed by atoms with Gasteiger partial charge in [0, 0.05) is 0 Å². The van der Waals surface area contributed by atoms with Crippen molar-refractivity contribution in [1.82, 2.24) is 0 Å². The van der Waals surface area contributed by atoms with E-state index >= 15 is 0 Å². The summed E-state index contributed by atoms with van der Waals surface area (Å²) in [7, 11) is 0. The first-order valence-electron chi connectivity index (χ1n) is 3.21. The third kappa shape index (κ3) is 1.68. The highest BCUT2D eigenvalue weighted by Gasteiger charge is 2.10. The Kier molecular flexibility index (Phi) is 1.72. The minimum atomic E-state index is -0.178. The number of aliphatic hydroxyl groups is 1. The maximum Gasteiger partial charge on any atom is 0.0617 e. The summed E-state index contributed by atoms with van der Waals surface area (Å²) in [5, 5.41) is 9.15. The second-order valence-electron chi connectivity index (χ2n) is 2.71. The molecule has 0 aromatic rings. The Balaban J connectivity index is 2.67. The van der Waals surface area contributed by atoms with Crippen molar-refractivity contribution in [3.8, 4) is 0 Å². The van der Waals surface area contributed by atoms with Crippen LogP contribution in [0.5, 0.6) is 0 Å². The zero-order valence-corrected chi connectivity index (χ0v) is 5.72. The quantitative estimate of drug-likeness (QED) is 0.520. The number of allylic oxidation sites excluding steroid dienone is 1. The van der Waals surface area contributed by atoms with Crippen molar-refractivity contribution in [2.45, 2.75) is 25.9 Å². The zero-order chi connectivity index (χ0) is 6.85. The third-order valence-electron chi connectivity index (χ3n) is 1.51. The van der Waals surface area contributed by atoms with Gasteiger partial charge in [0.2, 0.25) is 0 Å². The first-order valence-corrected chi connectivity index (χ1v) is 3.21. The second-order valence-corrected chi connectivity index (χ2v) is 2.71. The average molecular weight is 124 g/mol. The molecule has 1 aliphatic carbocycles. The molecule has 0 bridgehead atoms. The van der Waals surface area contributed by atoms with Gasteiger partial charge in [-0.2, -0.15) is 0 Å². The summed E-state index contributed by atoms with van der Waals surface area (Å²) in [6.07, 6.45) is 3.44. The molecule has 50 valence electrons. The van der Waals surface area contributed by atoms with Crippen LogP contribution in [0.4, 0.5) is 0 Å². The lowest BCUT2D eigenvalue weighted by Gasteiger charge is -2.16. The number of rotatable bonds is 0. The van der Waals surface area contributed by atoms with Crippen LogP contribution in [0.2, 0.25) is 0 Å². The Hall–Kier alpha value is -0.560. The summed E-state index contributed by atoms with van der Waals surface area (Å²) in [5.74, 6) is 0. The van der Waals surface area contributed by atoms with E-state index in [2.05, 4.69) is 6.58 Å². The van der Waals surface area contributed by atoms with Gasteiger partial charge in [0.15, 0.2) is 0 Å². The molecule has 1 heteroatoms. The summed E-state index contributed by atoms with van der Waals surface area (Å²) >= 11 is 0. The molecule has 0 saturated carbocycles. The summed E-state index contributed by atoms with van der Waals surface area (Å²) < 4.78 is 0. The van der Waals surface area contributed by atoms with Crippen molar-refractivity contribution in [3.63, 3.8) is 0 Å². The van der Waals surface area contributed by atoms with Crippen LogP contribution >= 0.6 is 0 Å². The molecule has 1 aliphatic rings. The van der Waals surface area contributed by atoms with Gasteiger partial charge in [0.05, 0.1) is 6.10 Å². The lowest BCUT2D eigenvalue weighted by atomic mass is 9.95. The molecule has 0 fully saturated rings. The van der Waals surface area contributed by atoms with Crippen molar-refractivity contribution >= 4 is 0 Å². The van der Waals surface area contributed by atoms with E-state index in [9.17, 15) is 0 Å². The van der Waals surface area contributed by atoms with E-state index in [0.717, 1.165) is 18.4 Å². The summed E-state index contributed by atoms with van der Waals surface area (Å²) in [5.41, 5.74) is 2.28. The van der Waals surface area contributed by atoms with Crippen LogP contribution in [0.25, 0.3) is 0 Å². The lowest BCUT2D eigenvalue weighted by Crippen LogP contribution is -2.11. The van der Waals surface area contributed by atoms with Crippen LogP contribution < -0.4 is 0 Å². The fourth-order valence-corrected chi connectivity index (χ4v) is 1.21. The van der Waals surface area contributed by atoms with Crippen molar-refractivity contribution in [3.05, 3.63) is 23.8 Å². The van der Waals surface area contributed by atoms with Gasteiger partial charge < -0.3 is 5.11 Å². The molecule has 0 spiro atoms. The molecule has 1 nitrogen and oxygen atoms in total.